The molecule has 1 aromatic carbocycles. The van der Waals surface area contributed by atoms with Gasteiger partial charge in [-0.3, -0.25) is 9.59 Å². The van der Waals surface area contributed by atoms with Gasteiger partial charge in [0.2, 0.25) is 5.91 Å². The third kappa shape index (κ3) is 3.80. The van der Waals surface area contributed by atoms with Crippen LogP contribution in [0, 0.1) is 5.92 Å². The van der Waals surface area contributed by atoms with E-state index in [9.17, 15) is 9.59 Å². The minimum atomic E-state index is -0.358. The second-order valence-electron chi connectivity index (χ2n) is 4.75. The number of ether oxygens (including phenoxy) is 1. The fraction of sp³-hybridized carbons (Fsp3) is 0.429. The van der Waals surface area contributed by atoms with Crippen LogP contribution in [0.25, 0.3) is 0 Å². The van der Waals surface area contributed by atoms with E-state index in [1.807, 2.05) is 24.3 Å². The van der Waals surface area contributed by atoms with E-state index in [4.69, 9.17) is 4.74 Å². The molecule has 0 aliphatic carbocycles. The van der Waals surface area contributed by atoms with E-state index in [0.29, 0.717) is 13.1 Å². The minimum Gasteiger partial charge on any atom is -0.469 e. The van der Waals surface area contributed by atoms with E-state index in [2.05, 4.69) is 26.6 Å². The molecule has 1 aliphatic heterocycles. The van der Waals surface area contributed by atoms with E-state index in [1.54, 1.807) is 0 Å². The molecule has 0 aromatic heterocycles. The van der Waals surface area contributed by atoms with Crippen LogP contribution in [0.15, 0.2) is 28.7 Å². The molecular formula is C14H17BrN2O3. The summed E-state index contributed by atoms with van der Waals surface area (Å²) >= 11 is 3.37. The minimum absolute atomic E-state index is 0.00871. The summed E-state index contributed by atoms with van der Waals surface area (Å²) in [5, 5.41) is 5.98. The second-order valence-corrected chi connectivity index (χ2v) is 5.66. The van der Waals surface area contributed by atoms with Gasteiger partial charge in [0.1, 0.15) is 0 Å². The lowest BCUT2D eigenvalue weighted by Gasteiger charge is -2.28. The van der Waals surface area contributed by atoms with Crippen LogP contribution in [-0.2, 0) is 14.3 Å². The number of amides is 1. The van der Waals surface area contributed by atoms with Gasteiger partial charge in [-0.2, -0.15) is 0 Å². The summed E-state index contributed by atoms with van der Waals surface area (Å²) in [6.07, 6.45) is 0.129. The summed E-state index contributed by atoms with van der Waals surface area (Å²) in [6.45, 7) is 1.38. The maximum absolute atomic E-state index is 12.0. The molecule has 1 atom stereocenters. The second kappa shape index (κ2) is 6.85. The number of rotatable bonds is 5. The van der Waals surface area contributed by atoms with Crippen molar-refractivity contribution in [1.29, 1.82) is 0 Å². The lowest BCUT2D eigenvalue weighted by atomic mass is 9.99. The average Bonchev–Trinajstić information content (AvgIpc) is 2.36. The third-order valence-electron chi connectivity index (χ3n) is 3.34. The maximum atomic E-state index is 12.0. The Morgan fingerprint density at radius 2 is 2.05 bits per heavy atom. The molecule has 1 fully saturated rings. The highest BCUT2D eigenvalue weighted by atomic mass is 79.9. The van der Waals surface area contributed by atoms with E-state index in [1.165, 1.54) is 7.11 Å². The molecule has 0 radical (unpaired) electrons. The van der Waals surface area contributed by atoms with Crippen molar-refractivity contribution in [2.45, 2.75) is 12.5 Å². The SMILES string of the molecule is COC(=O)CC(NC(=O)C1CNC1)c1ccc(Br)cc1. The number of carbonyl (C=O) groups is 2. The molecule has 20 heavy (non-hydrogen) atoms. The number of hydrogen-bond acceptors (Lipinski definition) is 4. The first-order chi connectivity index (χ1) is 9.60. The zero-order valence-corrected chi connectivity index (χ0v) is 12.8. The van der Waals surface area contributed by atoms with Crippen molar-refractivity contribution < 1.29 is 14.3 Å². The first-order valence-corrected chi connectivity index (χ1v) is 7.23. The summed E-state index contributed by atoms with van der Waals surface area (Å²) in [5.41, 5.74) is 0.888. The highest BCUT2D eigenvalue weighted by molar-refractivity contribution is 9.10. The topological polar surface area (TPSA) is 67.4 Å². The van der Waals surface area contributed by atoms with Gasteiger partial charge in [0.25, 0.3) is 0 Å². The lowest BCUT2D eigenvalue weighted by Crippen LogP contribution is -2.51. The summed E-state index contributed by atoms with van der Waals surface area (Å²) in [5.74, 6) is -0.379. The molecule has 0 spiro atoms. The molecule has 6 heteroatoms. The molecule has 1 heterocycles. The normalized spacial score (nSPS) is 16.1. The Labute approximate surface area is 126 Å². The molecule has 2 rings (SSSR count). The fourth-order valence-electron chi connectivity index (χ4n) is 1.96. The molecule has 1 aliphatic rings. The smallest absolute Gasteiger partial charge is 0.307 e. The van der Waals surface area contributed by atoms with Crippen molar-refractivity contribution in [3.63, 3.8) is 0 Å². The third-order valence-corrected chi connectivity index (χ3v) is 3.87. The maximum Gasteiger partial charge on any atom is 0.307 e. The Morgan fingerprint density at radius 1 is 1.40 bits per heavy atom. The van der Waals surface area contributed by atoms with Crippen LogP contribution in [0.4, 0.5) is 0 Å². The number of halogens is 1. The number of benzene rings is 1. The van der Waals surface area contributed by atoms with Gasteiger partial charge < -0.3 is 15.4 Å². The highest BCUT2D eigenvalue weighted by Gasteiger charge is 2.28. The molecule has 108 valence electrons. The van der Waals surface area contributed by atoms with Crippen LogP contribution in [0.3, 0.4) is 0 Å². The standard InChI is InChI=1S/C14H17BrN2O3/c1-20-13(18)6-12(9-2-4-11(15)5-3-9)17-14(19)10-7-16-8-10/h2-5,10,12,16H,6-8H2,1H3,(H,17,19). The Balaban J connectivity index is 2.08. The van der Waals surface area contributed by atoms with Gasteiger partial charge in [0.15, 0.2) is 0 Å². The van der Waals surface area contributed by atoms with E-state index in [-0.39, 0.29) is 30.3 Å². The predicted octanol–water partition coefficient (Wildman–Crippen LogP) is 1.39. The summed E-state index contributed by atoms with van der Waals surface area (Å²) in [7, 11) is 1.35. The van der Waals surface area contributed by atoms with Gasteiger partial charge in [0, 0.05) is 17.6 Å². The number of hydrogen-bond donors (Lipinski definition) is 2. The molecule has 0 bridgehead atoms. The van der Waals surface area contributed by atoms with Crippen molar-refractivity contribution in [3.8, 4) is 0 Å². The van der Waals surface area contributed by atoms with Crippen molar-refractivity contribution in [2.75, 3.05) is 20.2 Å². The molecule has 1 aromatic rings. The van der Waals surface area contributed by atoms with Crippen LogP contribution >= 0.6 is 15.9 Å². The molecule has 1 amide bonds. The van der Waals surface area contributed by atoms with E-state index >= 15 is 0 Å². The predicted molar refractivity (Wildman–Crippen MR) is 78.0 cm³/mol. The molecule has 1 saturated heterocycles. The zero-order chi connectivity index (χ0) is 14.5. The molecule has 0 saturated carbocycles. The van der Waals surface area contributed by atoms with Crippen molar-refractivity contribution in [2.24, 2.45) is 5.92 Å². The van der Waals surface area contributed by atoms with Crippen LogP contribution in [-0.4, -0.2) is 32.1 Å². The summed E-state index contributed by atoms with van der Waals surface area (Å²) in [6, 6.07) is 7.19. The quantitative estimate of drug-likeness (QED) is 0.795. The summed E-state index contributed by atoms with van der Waals surface area (Å²) < 4.78 is 5.65. The lowest BCUT2D eigenvalue weighted by molar-refractivity contribution is -0.141. The first kappa shape index (κ1) is 15.0. The Hall–Kier alpha value is -1.40. The first-order valence-electron chi connectivity index (χ1n) is 6.43. The monoisotopic (exact) mass is 340 g/mol. The Bertz CT molecular complexity index is 486. The number of esters is 1. The van der Waals surface area contributed by atoms with Crippen LogP contribution in [0.2, 0.25) is 0 Å². The molecule has 1 unspecified atom stereocenters. The average molecular weight is 341 g/mol. The highest BCUT2D eigenvalue weighted by Crippen LogP contribution is 2.21. The van der Waals surface area contributed by atoms with E-state index < -0.39 is 0 Å². The zero-order valence-electron chi connectivity index (χ0n) is 11.2. The van der Waals surface area contributed by atoms with Gasteiger partial charge in [-0.15, -0.1) is 0 Å². The van der Waals surface area contributed by atoms with Gasteiger partial charge >= 0.3 is 5.97 Å². The number of carbonyl (C=O) groups excluding carboxylic acids is 2. The molecule has 2 N–H and O–H groups in total. The van der Waals surface area contributed by atoms with E-state index in [0.717, 1.165) is 10.0 Å². The van der Waals surface area contributed by atoms with Crippen molar-refractivity contribution in [1.82, 2.24) is 10.6 Å². The van der Waals surface area contributed by atoms with Crippen LogP contribution < -0.4 is 10.6 Å². The van der Waals surface area contributed by atoms with Crippen LogP contribution in [0.5, 0.6) is 0 Å². The van der Waals surface area contributed by atoms with Crippen LogP contribution in [0.1, 0.15) is 18.0 Å². The Kier molecular flexibility index (Phi) is 5.14. The van der Waals surface area contributed by atoms with Crippen molar-refractivity contribution in [3.05, 3.63) is 34.3 Å². The summed E-state index contributed by atoms with van der Waals surface area (Å²) in [4.78, 5) is 23.5. The Morgan fingerprint density at radius 3 is 2.55 bits per heavy atom. The van der Waals surface area contributed by atoms with Gasteiger partial charge in [-0.05, 0) is 17.7 Å². The largest absolute Gasteiger partial charge is 0.469 e. The van der Waals surface area contributed by atoms with Gasteiger partial charge in [0.05, 0.1) is 25.5 Å². The van der Waals surface area contributed by atoms with Gasteiger partial charge in [-0.1, -0.05) is 28.1 Å². The molecular weight excluding hydrogens is 324 g/mol. The van der Waals surface area contributed by atoms with Crippen molar-refractivity contribution >= 4 is 27.8 Å². The molecule has 5 nitrogen and oxygen atoms in total. The fourth-order valence-corrected chi connectivity index (χ4v) is 2.23. The number of methoxy groups -OCH3 is 1. The van der Waals surface area contributed by atoms with Gasteiger partial charge in [-0.25, -0.2) is 0 Å². The number of nitrogens with one attached hydrogen (secondary N) is 2.